The highest BCUT2D eigenvalue weighted by atomic mass is 32.2. The maximum atomic E-state index is 12.4. The Morgan fingerprint density at radius 1 is 1.58 bits per heavy atom. The zero-order valence-corrected chi connectivity index (χ0v) is 12.0. The van der Waals surface area contributed by atoms with Gasteiger partial charge in [0.15, 0.2) is 0 Å². The van der Waals surface area contributed by atoms with Crippen molar-refractivity contribution in [1.29, 1.82) is 0 Å². The second kappa shape index (κ2) is 5.58. The van der Waals surface area contributed by atoms with Crippen molar-refractivity contribution in [2.24, 2.45) is 0 Å². The topological polar surface area (TPSA) is 83.9 Å². The normalized spacial score (nSPS) is 21.3. The van der Waals surface area contributed by atoms with Crippen LogP contribution in [0.4, 0.5) is 0 Å². The first kappa shape index (κ1) is 14.4. The molecule has 8 heteroatoms. The van der Waals surface area contributed by atoms with Gasteiger partial charge in [-0.05, 0) is 24.3 Å². The first-order chi connectivity index (χ1) is 8.96. The molecular formula is C11H15NO5S2. The van der Waals surface area contributed by atoms with E-state index in [0.29, 0.717) is 19.4 Å². The Hall–Kier alpha value is -0.960. The summed E-state index contributed by atoms with van der Waals surface area (Å²) < 4.78 is 30.7. The highest BCUT2D eigenvalue weighted by Crippen LogP contribution is 2.27. The molecule has 1 saturated heterocycles. The molecule has 1 atom stereocenters. The summed E-state index contributed by atoms with van der Waals surface area (Å²) in [4.78, 5) is 11.6. The zero-order valence-electron chi connectivity index (χ0n) is 10.4. The average Bonchev–Trinajstić information content (AvgIpc) is 2.87. The van der Waals surface area contributed by atoms with E-state index in [9.17, 15) is 18.3 Å². The van der Waals surface area contributed by atoms with Gasteiger partial charge in [-0.1, -0.05) is 0 Å². The molecule has 0 spiro atoms. The van der Waals surface area contributed by atoms with Gasteiger partial charge in [-0.25, -0.2) is 13.2 Å². The molecule has 1 aromatic heterocycles. The number of methoxy groups -OCH3 is 1. The van der Waals surface area contributed by atoms with Crippen molar-refractivity contribution in [1.82, 2.24) is 4.31 Å². The summed E-state index contributed by atoms with van der Waals surface area (Å²) in [5, 5.41) is 11.1. The van der Waals surface area contributed by atoms with Gasteiger partial charge >= 0.3 is 5.97 Å². The highest BCUT2D eigenvalue weighted by molar-refractivity contribution is 7.89. The van der Waals surface area contributed by atoms with Crippen molar-refractivity contribution in [3.05, 3.63) is 16.3 Å². The van der Waals surface area contributed by atoms with Crippen LogP contribution in [-0.2, 0) is 14.8 Å². The number of β-amino-alcohol motifs (C(OH)–C–C–N with tert-alkyl or cyclic N) is 1. The number of aliphatic hydroxyl groups excluding tert-OH is 1. The van der Waals surface area contributed by atoms with Crippen molar-refractivity contribution in [3.63, 3.8) is 0 Å². The molecule has 0 aromatic carbocycles. The minimum Gasteiger partial charge on any atom is -0.465 e. The lowest BCUT2D eigenvalue weighted by molar-refractivity contribution is 0.0602. The van der Waals surface area contributed by atoms with Crippen LogP contribution in [0.1, 0.15) is 22.5 Å². The second-order valence-corrected chi connectivity index (χ2v) is 7.09. The van der Waals surface area contributed by atoms with Gasteiger partial charge in [-0.15, -0.1) is 11.3 Å². The van der Waals surface area contributed by atoms with E-state index in [1.807, 2.05) is 0 Å². The van der Waals surface area contributed by atoms with Crippen LogP contribution in [-0.4, -0.2) is 50.1 Å². The van der Waals surface area contributed by atoms with Crippen molar-refractivity contribution < 1.29 is 23.1 Å². The Bertz CT molecular complexity index is 565. The number of ether oxygens (including phenoxy) is 1. The van der Waals surface area contributed by atoms with E-state index in [1.54, 1.807) is 5.38 Å². The quantitative estimate of drug-likeness (QED) is 0.830. The van der Waals surface area contributed by atoms with Crippen molar-refractivity contribution in [2.45, 2.75) is 23.8 Å². The van der Waals surface area contributed by atoms with E-state index in [4.69, 9.17) is 0 Å². The fraction of sp³-hybridized carbons (Fsp3) is 0.545. The lowest BCUT2D eigenvalue weighted by Crippen LogP contribution is -2.42. The van der Waals surface area contributed by atoms with Gasteiger partial charge in [0.25, 0.3) is 0 Å². The molecule has 0 aliphatic carbocycles. The molecule has 1 aliphatic heterocycles. The lowest BCUT2D eigenvalue weighted by Gasteiger charge is -2.29. The zero-order chi connectivity index (χ0) is 14.0. The number of carbonyl (C=O) groups excluding carboxylic acids is 1. The molecule has 0 amide bonds. The summed E-state index contributed by atoms with van der Waals surface area (Å²) in [7, 11) is -2.54. The number of thiophene rings is 1. The van der Waals surface area contributed by atoms with Gasteiger partial charge in [0.2, 0.25) is 10.0 Å². The smallest absolute Gasteiger partial charge is 0.349 e. The molecule has 1 aliphatic rings. The Morgan fingerprint density at radius 3 is 2.95 bits per heavy atom. The number of nitrogens with zero attached hydrogens (tertiary/aromatic N) is 1. The predicted molar refractivity (Wildman–Crippen MR) is 69.7 cm³/mol. The Balaban J connectivity index is 2.34. The number of sulfonamides is 1. The van der Waals surface area contributed by atoms with Crippen LogP contribution in [0.5, 0.6) is 0 Å². The molecule has 6 nitrogen and oxygen atoms in total. The average molecular weight is 305 g/mol. The first-order valence-electron chi connectivity index (χ1n) is 5.81. The van der Waals surface area contributed by atoms with E-state index < -0.39 is 22.1 Å². The van der Waals surface area contributed by atoms with Gasteiger partial charge in [0, 0.05) is 13.1 Å². The second-order valence-electron chi connectivity index (χ2n) is 4.26. The number of rotatable bonds is 3. The molecule has 106 valence electrons. The van der Waals surface area contributed by atoms with Crippen molar-refractivity contribution in [3.8, 4) is 0 Å². The van der Waals surface area contributed by atoms with Crippen LogP contribution in [0.3, 0.4) is 0 Å². The highest BCUT2D eigenvalue weighted by Gasteiger charge is 2.33. The van der Waals surface area contributed by atoms with E-state index in [0.717, 1.165) is 11.3 Å². The van der Waals surface area contributed by atoms with Gasteiger partial charge in [0.1, 0.15) is 9.77 Å². The van der Waals surface area contributed by atoms with E-state index >= 15 is 0 Å². The van der Waals surface area contributed by atoms with Crippen LogP contribution >= 0.6 is 11.3 Å². The molecule has 1 aromatic rings. The molecule has 2 heterocycles. The summed E-state index contributed by atoms with van der Waals surface area (Å²) in [6.45, 7) is 0.425. The molecule has 1 N–H and O–H groups in total. The molecule has 0 bridgehead atoms. The predicted octanol–water partition coefficient (Wildman–Crippen LogP) is 0.680. The fourth-order valence-corrected chi connectivity index (χ4v) is 4.84. The third-order valence-corrected chi connectivity index (χ3v) is 5.91. The number of piperidine rings is 1. The lowest BCUT2D eigenvalue weighted by atomic mass is 10.1. The van der Waals surface area contributed by atoms with Crippen LogP contribution in [0.2, 0.25) is 0 Å². The molecule has 19 heavy (non-hydrogen) atoms. The summed E-state index contributed by atoms with van der Waals surface area (Å²) >= 11 is 1.03. The summed E-state index contributed by atoms with van der Waals surface area (Å²) in [5.41, 5.74) is 0. The molecule has 1 fully saturated rings. The molecule has 2 rings (SSSR count). The fourth-order valence-electron chi connectivity index (χ4n) is 2.02. The molecule has 0 radical (unpaired) electrons. The number of aliphatic hydroxyl groups is 1. The Kier molecular flexibility index (Phi) is 4.24. The monoisotopic (exact) mass is 305 g/mol. The number of hydrogen-bond acceptors (Lipinski definition) is 6. The standard InChI is InChI=1S/C11H15NO5S2/c1-17-11(14)10-9(4-6-18-10)19(15,16)12-5-2-3-8(13)7-12/h4,6,8,13H,2-3,5,7H2,1H3/t8-/m0/s1. The van der Waals surface area contributed by atoms with Crippen molar-refractivity contribution in [2.75, 3.05) is 20.2 Å². The van der Waals surface area contributed by atoms with Gasteiger partial charge in [0.05, 0.1) is 13.2 Å². The number of esters is 1. The van der Waals surface area contributed by atoms with Gasteiger partial charge < -0.3 is 9.84 Å². The third-order valence-electron chi connectivity index (χ3n) is 2.98. The maximum absolute atomic E-state index is 12.4. The number of carbonyl (C=O) groups is 1. The van der Waals surface area contributed by atoms with Crippen LogP contribution in [0.25, 0.3) is 0 Å². The van der Waals surface area contributed by atoms with Gasteiger partial charge in [-0.2, -0.15) is 4.31 Å². The van der Waals surface area contributed by atoms with E-state index in [2.05, 4.69) is 4.74 Å². The summed E-state index contributed by atoms with van der Waals surface area (Å²) in [6, 6.07) is 1.40. The van der Waals surface area contributed by atoms with Crippen molar-refractivity contribution >= 4 is 27.3 Å². The summed E-state index contributed by atoms with van der Waals surface area (Å²) in [6.07, 6.45) is 0.557. The minimum absolute atomic E-state index is 0.0431. The Labute approximate surface area is 115 Å². The van der Waals surface area contributed by atoms with Gasteiger partial charge in [-0.3, -0.25) is 0 Å². The molecule has 0 unspecified atom stereocenters. The maximum Gasteiger partial charge on any atom is 0.349 e. The van der Waals surface area contributed by atoms with Crippen LogP contribution in [0.15, 0.2) is 16.3 Å². The first-order valence-corrected chi connectivity index (χ1v) is 8.13. The summed E-state index contributed by atoms with van der Waals surface area (Å²) in [5.74, 6) is -0.661. The number of hydrogen-bond donors (Lipinski definition) is 1. The molecule has 0 saturated carbocycles. The van der Waals surface area contributed by atoms with Crippen LogP contribution < -0.4 is 0 Å². The molecular weight excluding hydrogens is 290 g/mol. The third kappa shape index (κ3) is 2.81. The SMILES string of the molecule is COC(=O)c1sccc1S(=O)(=O)N1CCC[C@H](O)C1. The Morgan fingerprint density at radius 2 is 2.32 bits per heavy atom. The van der Waals surface area contributed by atoms with Crippen LogP contribution in [0, 0.1) is 0 Å². The van der Waals surface area contributed by atoms with E-state index in [-0.39, 0.29) is 16.3 Å². The van der Waals surface area contributed by atoms with E-state index in [1.165, 1.54) is 17.5 Å². The minimum atomic E-state index is -3.75. The largest absolute Gasteiger partial charge is 0.465 e.